The van der Waals surface area contributed by atoms with Gasteiger partial charge in [0.2, 0.25) is 0 Å². The van der Waals surface area contributed by atoms with Gasteiger partial charge in [-0.1, -0.05) is 43.2 Å². The SMILES string of the molecule is O=C(N1CCC(O)(Cn2cnc(-c3ccccc3)cc2=O)C2(CCCC2)C1)N1CCNCC1C1CC1. The smallest absolute Gasteiger partial charge is 0.320 e. The number of urea groups is 1. The van der Waals surface area contributed by atoms with Crippen LogP contribution in [0.15, 0.2) is 47.5 Å². The minimum atomic E-state index is -1.04. The van der Waals surface area contributed by atoms with Gasteiger partial charge < -0.3 is 20.2 Å². The molecule has 2 atom stereocenters. The van der Waals surface area contributed by atoms with Crippen LogP contribution in [0.2, 0.25) is 0 Å². The summed E-state index contributed by atoms with van der Waals surface area (Å²) in [6.07, 6.45) is 8.33. The minimum Gasteiger partial charge on any atom is -0.387 e. The monoisotopic (exact) mass is 491 g/mol. The van der Waals surface area contributed by atoms with Crippen molar-refractivity contribution in [3.63, 3.8) is 0 Å². The summed E-state index contributed by atoms with van der Waals surface area (Å²) in [7, 11) is 0. The van der Waals surface area contributed by atoms with E-state index in [-0.39, 0.29) is 23.6 Å². The summed E-state index contributed by atoms with van der Waals surface area (Å²) in [6.45, 7) is 3.77. The highest BCUT2D eigenvalue weighted by atomic mass is 16.3. The third-order valence-corrected chi connectivity index (χ3v) is 9.18. The second kappa shape index (κ2) is 9.30. The van der Waals surface area contributed by atoms with Crippen molar-refractivity contribution in [2.45, 2.75) is 63.1 Å². The number of hydrogen-bond donors (Lipinski definition) is 2. The molecule has 1 aromatic heterocycles. The molecule has 36 heavy (non-hydrogen) atoms. The lowest BCUT2D eigenvalue weighted by molar-refractivity contribution is -0.137. The molecular weight excluding hydrogens is 454 g/mol. The number of amides is 2. The van der Waals surface area contributed by atoms with E-state index in [9.17, 15) is 14.7 Å². The molecule has 8 nitrogen and oxygen atoms in total. The van der Waals surface area contributed by atoms with Gasteiger partial charge in [-0.25, -0.2) is 9.78 Å². The van der Waals surface area contributed by atoms with Crippen molar-refractivity contribution in [2.24, 2.45) is 11.3 Å². The van der Waals surface area contributed by atoms with Crippen molar-refractivity contribution in [3.05, 3.63) is 53.1 Å². The van der Waals surface area contributed by atoms with Crippen molar-refractivity contribution < 1.29 is 9.90 Å². The lowest BCUT2D eigenvalue weighted by Crippen LogP contribution is -2.65. The molecule has 2 aliphatic heterocycles. The van der Waals surface area contributed by atoms with Crippen molar-refractivity contribution in [1.29, 1.82) is 0 Å². The molecule has 2 aromatic rings. The number of carbonyl (C=O) groups excluding carboxylic acids is 1. The molecule has 1 aromatic carbocycles. The van der Waals surface area contributed by atoms with E-state index in [2.05, 4.69) is 15.2 Å². The zero-order chi connectivity index (χ0) is 24.8. The van der Waals surface area contributed by atoms with E-state index in [1.54, 1.807) is 17.0 Å². The summed E-state index contributed by atoms with van der Waals surface area (Å²) in [6, 6.07) is 11.6. The van der Waals surface area contributed by atoms with E-state index >= 15 is 0 Å². The topological polar surface area (TPSA) is 90.7 Å². The molecule has 3 heterocycles. The average molecular weight is 492 g/mol. The van der Waals surface area contributed by atoms with Crippen LogP contribution in [0.4, 0.5) is 4.79 Å². The summed E-state index contributed by atoms with van der Waals surface area (Å²) in [5.41, 5.74) is -0.0453. The normalized spacial score (nSPS) is 28.0. The molecule has 0 bridgehead atoms. The molecule has 2 amide bonds. The Morgan fingerprint density at radius 3 is 2.61 bits per heavy atom. The van der Waals surface area contributed by atoms with E-state index in [1.165, 1.54) is 12.8 Å². The Hall–Kier alpha value is -2.71. The maximum Gasteiger partial charge on any atom is 0.320 e. The van der Waals surface area contributed by atoms with E-state index in [1.807, 2.05) is 35.2 Å². The lowest BCUT2D eigenvalue weighted by Gasteiger charge is -2.53. The van der Waals surface area contributed by atoms with Crippen LogP contribution in [-0.2, 0) is 6.54 Å². The predicted octanol–water partition coefficient (Wildman–Crippen LogP) is 2.71. The zero-order valence-electron chi connectivity index (χ0n) is 20.9. The number of piperidine rings is 1. The second-order valence-electron chi connectivity index (χ2n) is 11.4. The van der Waals surface area contributed by atoms with Crippen LogP contribution < -0.4 is 10.9 Å². The molecule has 4 fully saturated rings. The number of nitrogens with zero attached hydrogens (tertiary/aromatic N) is 4. The Morgan fingerprint density at radius 1 is 1.11 bits per heavy atom. The van der Waals surface area contributed by atoms with Crippen LogP contribution in [0.3, 0.4) is 0 Å². The fourth-order valence-corrected chi connectivity index (χ4v) is 6.90. The number of aliphatic hydroxyl groups is 1. The summed E-state index contributed by atoms with van der Waals surface area (Å²) in [5, 5.41) is 15.6. The van der Waals surface area contributed by atoms with E-state index in [0.717, 1.165) is 50.9 Å². The maximum absolute atomic E-state index is 13.7. The first kappa shape index (κ1) is 23.7. The fraction of sp³-hybridized carbons (Fsp3) is 0.607. The van der Waals surface area contributed by atoms with Crippen LogP contribution in [0.25, 0.3) is 11.3 Å². The van der Waals surface area contributed by atoms with E-state index in [0.29, 0.717) is 37.2 Å². The Bertz CT molecular complexity index is 1160. The Labute approximate surface area is 212 Å². The Kier molecular flexibility index (Phi) is 6.12. The lowest BCUT2D eigenvalue weighted by atomic mass is 9.66. The Morgan fingerprint density at radius 2 is 1.89 bits per heavy atom. The highest BCUT2D eigenvalue weighted by Crippen LogP contribution is 2.52. The third-order valence-electron chi connectivity index (χ3n) is 9.18. The zero-order valence-corrected chi connectivity index (χ0v) is 20.9. The molecule has 2 aliphatic carbocycles. The van der Waals surface area contributed by atoms with Gasteiger partial charge in [0.25, 0.3) is 5.56 Å². The number of carbonyl (C=O) groups is 1. The van der Waals surface area contributed by atoms with Crippen LogP contribution in [-0.4, -0.2) is 74.9 Å². The van der Waals surface area contributed by atoms with Gasteiger partial charge in [-0.3, -0.25) is 9.36 Å². The summed E-state index contributed by atoms with van der Waals surface area (Å²) in [4.78, 5) is 35.4. The molecule has 2 saturated heterocycles. The van der Waals surface area contributed by atoms with Crippen LogP contribution in [0, 0.1) is 11.3 Å². The first-order valence-corrected chi connectivity index (χ1v) is 13.6. The van der Waals surface area contributed by atoms with Crippen LogP contribution >= 0.6 is 0 Å². The van der Waals surface area contributed by atoms with Gasteiger partial charge in [0, 0.05) is 55.8 Å². The second-order valence-corrected chi connectivity index (χ2v) is 11.4. The molecule has 2 unspecified atom stereocenters. The van der Waals surface area contributed by atoms with Gasteiger partial charge in [-0.15, -0.1) is 0 Å². The van der Waals surface area contributed by atoms with Crippen molar-refractivity contribution in [2.75, 3.05) is 32.7 Å². The molecule has 192 valence electrons. The molecule has 4 aliphatic rings. The third kappa shape index (κ3) is 4.24. The number of hydrogen-bond acceptors (Lipinski definition) is 5. The van der Waals surface area contributed by atoms with Gasteiger partial charge >= 0.3 is 6.03 Å². The largest absolute Gasteiger partial charge is 0.387 e. The van der Waals surface area contributed by atoms with Gasteiger partial charge in [-0.05, 0) is 38.0 Å². The molecule has 6 rings (SSSR count). The number of piperazine rings is 1. The molecule has 8 heteroatoms. The fourth-order valence-electron chi connectivity index (χ4n) is 6.90. The first-order chi connectivity index (χ1) is 17.5. The van der Waals surface area contributed by atoms with Crippen LogP contribution in [0.1, 0.15) is 44.9 Å². The molecule has 2 N–H and O–H groups in total. The van der Waals surface area contributed by atoms with Crippen LogP contribution in [0.5, 0.6) is 0 Å². The number of nitrogens with one attached hydrogen (secondary N) is 1. The highest BCUT2D eigenvalue weighted by molar-refractivity contribution is 5.75. The standard InChI is InChI=1S/C28H37N5O3/c34-25-16-23(21-6-2-1-3-7-21)30-20-32(25)19-28(36)12-14-31(18-27(28)10-4-5-11-27)26(35)33-15-13-29-17-24(33)22-8-9-22/h1-3,6-7,16,20,22,24,29,36H,4-5,8-15,17-19H2. The van der Waals surface area contributed by atoms with Gasteiger partial charge in [0.15, 0.2) is 0 Å². The Balaban J connectivity index is 1.22. The first-order valence-electron chi connectivity index (χ1n) is 13.6. The molecule has 0 radical (unpaired) electrons. The molecular formula is C28H37N5O3. The highest BCUT2D eigenvalue weighted by Gasteiger charge is 2.56. The number of aromatic nitrogens is 2. The molecule has 2 saturated carbocycles. The van der Waals surface area contributed by atoms with Crippen molar-refractivity contribution in [3.8, 4) is 11.3 Å². The van der Waals surface area contributed by atoms with E-state index < -0.39 is 5.60 Å². The number of likely N-dealkylation sites (tertiary alicyclic amines) is 1. The number of rotatable bonds is 4. The van der Waals surface area contributed by atoms with Crippen molar-refractivity contribution >= 4 is 6.03 Å². The quantitative estimate of drug-likeness (QED) is 0.686. The average Bonchev–Trinajstić information content (AvgIpc) is 3.65. The van der Waals surface area contributed by atoms with Gasteiger partial charge in [0.05, 0.1) is 24.2 Å². The summed E-state index contributed by atoms with van der Waals surface area (Å²) >= 11 is 0. The maximum atomic E-state index is 13.7. The summed E-state index contributed by atoms with van der Waals surface area (Å²) < 4.78 is 1.56. The molecule has 1 spiro atoms. The number of benzene rings is 1. The minimum absolute atomic E-state index is 0.132. The predicted molar refractivity (Wildman–Crippen MR) is 137 cm³/mol. The van der Waals surface area contributed by atoms with Crippen molar-refractivity contribution in [1.82, 2.24) is 24.7 Å². The van der Waals surface area contributed by atoms with Gasteiger partial charge in [0.1, 0.15) is 0 Å². The summed E-state index contributed by atoms with van der Waals surface area (Å²) in [5.74, 6) is 0.627. The van der Waals surface area contributed by atoms with E-state index in [4.69, 9.17) is 0 Å². The van der Waals surface area contributed by atoms with Gasteiger partial charge in [-0.2, -0.15) is 0 Å².